The normalized spacial score (nSPS) is 16.4. The Morgan fingerprint density at radius 1 is 1.10 bits per heavy atom. The summed E-state index contributed by atoms with van der Waals surface area (Å²) in [5.41, 5.74) is 4.05. The maximum Gasteiger partial charge on any atom is 0.253 e. The smallest absolute Gasteiger partial charge is 0.253 e. The lowest BCUT2D eigenvalue weighted by Crippen LogP contribution is -2.27. The summed E-state index contributed by atoms with van der Waals surface area (Å²) in [7, 11) is 0. The van der Waals surface area contributed by atoms with Crippen LogP contribution in [0.5, 0.6) is 5.75 Å². The van der Waals surface area contributed by atoms with Gasteiger partial charge in [-0.15, -0.1) is 0 Å². The summed E-state index contributed by atoms with van der Waals surface area (Å²) in [6.07, 6.45) is 5.59. The predicted molar refractivity (Wildman–Crippen MR) is 118 cm³/mol. The van der Waals surface area contributed by atoms with Crippen LogP contribution in [0.15, 0.2) is 42.5 Å². The molecule has 5 nitrogen and oxygen atoms in total. The minimum Gasteiger partial charge on any atom is -0.494 e. The van der Waals surface area contributed by atoms with Crippen molar-refractivity contribution in [1.82, 2.24) is 14.5 Å². The maximum absolute atomic E-state index is 12.8. The van der Waals surface area contributed by atoms with E-state index < -0.39 is 0 Å². The van der Waals surface area contributed by atoms with Gasteiger partial charge in [-0.05, 0) is 74.4 Å². The first-order chi connectivity index (χ1) is 14.7. The molecule has 0 unspecified atom stereocenters. The second-order valence-corrected chi connectivity index (χ2v) is 8.54. The Morgan fingerprint density at radius 3 is 2.57 bits per heavy atom. The standard InChI is InChI=1S/C25H29N3O2/c1-2-30-21-10-7-18(8-11-21)15-24-26-22-16-20(25(29)27-13-3-4-14-27)9-12-23(22)28(24)17-19-5-6-19/h7-12,16,19H,2-6,13-15,17H2,1H3. The third kappa shape index (κ3) is 3.93. The molecule has 30 heavy (non-hydrogen) atoms. The van der Waals surface area contributed by atoms with Gasteiger partial charge in [0.1, 0.15) is 11.6 Å². The molecule has 2 fully saturated rings. The molecule has 0 radical (unpaired) electrons. The van der Waals surface area contributed by atoms with Crippen molar-refractivity contribution in [1.29, 1.82) is 0 Å². The van der Waals surface area contributed by atoms with E-state index in [1.54, 1.807) is 0 Å². The highest BCUT2D eigenvalue weighted by Gasteiger charge is 2.25. The van der Waals surface area contributed by atoms with E-state index >= 15 is 0 Å². The van der Waals surface area contributed by atoms with Crippen molar-refractivity contribution in [3.8, 4) is 5.75 Å². The molecule has 0 bridgehead atoms. The van der Waals surface area contributed by atoms with Crippen LogP contribution in [0.25, 0.3) is 11.0 Å². The molecule has 1 aliphatic carbocycles. The number of hydrogen-bond donors (Lipinski definition) is 0. The number of aromatic nitrogens is 2. The zero-order valence-electron chi connectivity index (χ0n) is 17.6. The third-order valence-electron chi connectivity index (χ3n) is 6.20. The average Bonchev–Trinajstić information content (AvgIpc) is 3.29. The SMILES string of the molecule is CCOc1ccc(Cc2nc3cc(C(=O)N4CCCC4)ccc3n2CC2CC2)cc1. The van der Waals surface area contributed by atoms with Crippen molar-refractivity contribution in [2.24, 2.45) is 5.92 Å². The highest BCUT2D eigenvalue weighted by molar-refractivity contribution is 5.97. The summed E-state index contributed by atoms with van der Waals surface area (Å²) in [5.74, 6) is 2.87. The second-order valence-electron chi connectivity index (χ2n) is 8.54. The third-order valence-corrected chi connectivity index (χ3v) is 6.20. The number of imidazole rings is 1. The highest BCUT2D eigenvalue weighted by Crippen LogP contribution is 2.33. The van der Waals surface area contributed by atoms with Gasteiger partial charge in [0.05, 0.1) is 17.6 Å². The molecule has 1 saturated carbocycles. The van der Waals surface area contributed by atoms with Crippen LogP contribution in [0.4, 0.5) is 0 Å². The summed E-state index contributed by atoms with van der Waals surface area (Å²) in [6, 6.07) is 14.4. The van der Waals surface area contributed by atoms with Crippen LogP contribution in [0, 0.1) is 5.92 Å². The van der Waals surface area contributed by atoms with E-state index in [0.717, 1.165) is 73.0 Å². The highest BCUT2D eigenvalue weighted by atomic mass is 16.5. The molecule has 1 amide bonds. The molecule has 3 aromatic rings. The number of nitrogens with zero attached hydrogens (tertiary/aromatic N) is 3. The van der Waals surface area contributed by atoms with Crippen molar-refractivity contribution >= 4 is 16.9 Å². The van der Waals surface area contributed by atoms with Gasteiger partial charge in [-0.3, -0.25) is 4.79 Å². The number of benzene rings is 2. The zero-order valence-corrected chi connectivity index (χ0v) is 17.6. The summed E-state index contributed by atoms with van der Waals surface area (Å²) < 4.78 is 7.93. The van der Waals surface area contributed by atoms with Gasteiger partial charge < -0.3 is 14.2 Å². The van der Waals surface area contributed by atoms with E-state index in [9.17, 15) is 4.79 Å². The van der Waals surface area contributed by atoms with E-state index in [1.807, 2.05) is 36.1 Å². The van der Waals surface area contributed by atoms with Crippen molar-refractivity contribution in [2.45, 2.75) is 45.6 Å². The Labute approximate surface area is 177 Å². The minimum atomic E-state index is 0.138. The summed E-state index contributed by atoms with van der Waals surface area (Å²) in [4.78, 5) is 19.8. The van der Waals surface area contributed by atoms with Gasteiger partial charge in [0.2, 0.25) is 0 Å². The van der Waals surface area contributed by atoms with Crippen LogP contribution in [0.3, 0.4) is 0 Å². The van der Waals surface area contributed by atoms with E-state index in [-0.39, 0.29) is 5.91 Å². The van der Waals surface area contributed by atoms with E-state index in [2.05, 4.69) is 22.8 Å². The molecule has 0 atom stereocenters. The monoisotopic (exact) mass is 403 g/mol. The molecular formula is C25H29N3O2. The summed E-state index contributed by atoms with van der Waals surface area (Å²) in [6.45, 7) is 5.43. The topological polar surface area (TPSA) is 47.4 Å². The fraction of sp³-hybridized carbons (Fsp3) is 0.440. The average molecular weight is 404 g/mol. The quantitative estimate of drug-likeness (QED) is 0.576. The fourth-order valence-corrected chi connectivity index (χ4v) is 4.37. The molecule has 1 saturated heterocycles. The first-order valence-electron chi connectivity index (χ1n) is 11.2. The van der Waals surface area contributed by atoms with Gasteiger partial charge in [0, 0.05) is 31.6 Å². The van der Waals surface area contributed by atoms with Crippen LogP contribution in [-0.4, -0.2) is 40.1 Å². The zero-order chi connectivity index (χ0) is 20.5. The molecule has 1 aromatic heterocycles. The molecule has 2 heterocycles. The Morgan fingerprint density at radius 2 is 1.87 bits per heavy atom. The van der Waals surface area contributed by atoms with Crippen LogP contribution in [0.2, 0.25) is 0 Å². The molecule has 5 heteroatoms. The number of carbonyl (C=O) groups is 1. The lowest BCUT2D eigenvalue weighted by Gasteiger charge is -2.15. The van der Waals surface area contributed by atoms with Gasteiger partial charge in [0.25, 0.3) is 5.91 Å². The van der Waals surface area contributed by atoms with E-state index in [0.29, 0.717) is 6.61 Å². The number of likely N-dealkylation sites (tertiary alicyclic amines) is 1. The number of ether oxygens (including phenoxy) is 1. The van der Waals surface area contributed by atoms with Gasteiger partial charge >= 0.3 is 0 Å². The van der Waals surface area contributed by atoms with Crippen molar-refractivity contribution in [2.75, 3.05) is 19.7 Å². The van der Waals surface area contributed by atoms with Gasteiger partial charge in [-0.1, -0.05) is 12.1 Å². The van der Waals surface area contributed by atoms with Crippen molar-refractivity contribution < 1.29 is 9.53 Å². The first-order valence-corrected chi connectivity index (χ1v) is 11.2. The van der Waals surface area contributed by atoms with Gasteiger partial charge in [-0.2, -0.15) is 0 Å². The van der Waals surface area contributed by atoms with E-state index in [4.69, 9.17) is 9.72 Å². The first kappa shape index (κ1) is 19.2. The molecule has 0 N–H and O–H groups in total. The Kier molecular flexibility index (Phi) is 5.19. The van der Waals surface area contributed by atoms with Crippen molar-refractivity contribution in [3.63, 3.8) is 0 Å². The number of amides is 1. The van der Waals surface area contributed by atoms with Crippen LogP contribution in [0.1, 0.15) is 54.4 Å². The molecule has 2 aromatic carbocycles. The Balaban J connectivity index is 1.45. The van der Waals surface area contributed by atoms with Crippen LogP contribution < -0.4 is 4.74 Å². The number of carbonyl (C=O) groups excluding carboxylic acids is 1. The lowest BCUT2D eigenvalue weighted by molar-refractivity contribution is 0.0793. The van der Waals surface area contributed by atoms with Crippen LogP contribution >= 0.6 is 0 Å². The van der Waals surface area contributed by atoms with Crippen LogP contribution in [-0.2, 0) is 13.0 Å². The largest absolute Gasteiger partial charge is 0.494 e. The lowest BCUT2D eigenvalue weighted by atomic mass is 10.1. The number of rotatable bonds is 7. The number of fused-ring (bicyclic) bond motifs is 1. The van der Waals surface area contributed by atoms with Gasteiger partial charge in [0.15, 0.2) is 0 Å². The summed E-state index contributed by atoms with van der Waals surface area (Å²) in [5, 5.41) is 0. The summed E-state index contributed by atoms with van der Waals surface area (Å²) >= 11 is 0. The molecule has 156 valence electrons. The van der Waals surface area contributed by atoms with Crippen molar-refractivity contribution in [3.05, 3.63) is 59.4 Å². The Bertz CT molecular complexity index is 1040. The van der Waals surface area contributed by atoms with E-state index in [1.165, 1.54) is 18.4 Å². The molecule has 5 rings (SSSR count). The molecule has 1 aliphatic heterocycles. The van der Waals surface area contributed by atoms with Gasteiger partial charge in [-0.25, -0.2) is 4.98 Å². The Hall–Kier alpha value is -2.82. The molecule has 2 aliphatic rings. The minimum absolute atomic E-state index is 0.138. The molecular weight excluding hydrogens is 374 g/mol. The number of hydrogen-bond acceptors (Lipinski definition) is 3. The predicted octanol–water partition coefficient (Wildman–Crippen LogP) is 4.67. The maximum atomic E-state index is 12.8. The molecule has 0 spiro atoms. The second kappa shape index (κ2) is 8.13. The fourth-order valence-electron chi connectivity index (χ4n) is 4.37.